The number of rotatable bonds is 8. The summed E-state index contributed by atoms with van der Waals surface area (Å²) in [7, 11) is 0. The predicted molar refractivity (Wildman–Crippen MR) is 109 cm³/mol. The van der Waals surface area contributed by atoms with Gasteiger partial charge >= 0.3 is 0 Å². The number of thioether (sulfide) groups is 1. The molecule has 0 saturated heterocycles. The van der Waals surface area contributed by atoms with Gasteiger partial charge in [-0.05, 0) is 32.0 Å². The lowest BCUT2D eigenvalue weighted by Crippen LogP contribution is -2.41. The number of fused-ring (bicyclic) bond motifs is 1. The van der Waals surface area contributed by atoms with Crippen molar-refractivity contribution >= 4 is 34.4 Å². The van der Waals surface area contributed by atoms with Gasteiger partial charge in [0.2, 0.25) is 0 Å². The Morgan fingerprint density at radius 1 is 1.46 bits per heavy atom. The van der Waals surface area contributed by atoms with Crippen LogP contribution in [-0.2, 0) is 4.79 Å². The monoisotopic (exact) mass is 373 g/mol. The molecule has 26 heavy (non-hydrogen) atoms. The second kappa shape index (κ2) is 9.09. The van der Waals surface area contributed by atoms with Crippen molar-refractivity contribution in [2.24, 2.45) is 0 Å². The molecular formula is C19H27N5OS. The van der Waals surface area contributed by atoms with Crippen molar-refractivity contribution in [2.45, 2.75) is 32.7 Å². The summed E-state index contributed by atoms with van der Waals surface area (Å²) >= 11 is 1.61. The molecule has 3 rings (SSSR count). The van der Waals surface area contributed by atoms with Crippen molar-refractivity contribution in [1.82, 2.24) is 20.6 Å². The number of unbranched alkanes of at least 4 members (excludes halogenated alkanes) is 1. The highest BCUT2D eigenvalue weighted by atomic mass is 32.2. The van der Waals surface area contributed by atoms with Crippen LogP contribution >= 0.6 is 11.8 Å². The number of pyridine rings is 1. The molecule has 7 heteroatoms. The summed E-state index contributed by atoms with van der Waals surface area (Å²) in [5.41, 5.74) is 1.95. The third-order valence-electron chi connectivity index (χ3n) is 4.37. The third kappa shape index (κ3) is 4.59. The number of anilines is 1. The number of H-pyrrole nitrogens is 1. The Labute approximate surface area is 158 Å². The zero-order chi connectivity index (χ0) is 18.4. The van der Waals surface area contributed by atoms with Crippen LogP contribution in [0.1, 0.15) is 26.7 Å². The fourth-order valence-electron chi connectivity index (χ4n) is 2.97. The molecule has 0 radical (unpaired) electrons. The number of carbonyl (C=O) groups excluding carboxylic acids is 1. The Morgan fingerprint density at radius 2 is 2.35 bits per heavy atom. The van der Waals surface area contributed by atoms with E-state index >= 15 is 0 Å². The summed E-state index contributed by atoms with van der Waals surface area (Å²) in [6.45, 7) is 6.88. The van der Waals surface area contributed by atoms with Crippen LogP contribution < -0.4 is 15.5 Å². The minimum absolute atomic E-state index is 0.00357. The number of aromatic amines is 1. The molecule has 0 saturated carbocycles. The van der Waals surface area contributed by atoms with Crippen LogP contribution in [0.15, 0.2) is 35.6 Å². The Bertz CT molecular complexity index is 772. The van der Waals surface area contributed by atoms with E-state index in [0.29, 0.717) is 0 Å². The lowest BCUT2D eigenvalue weighted by Gasteiger charge is -2.27. The highest BCUT2D eigenvalue weighted by molar-refractivity contribution is 8.04. The molecule has 6 nitrogen and oxygen atoms in total. The quantitative estimate of drug-likeness (QED) is 0.621. The van der Waals surface area contributed by atoms with E-state index in [9.17, 15) is 4.79 Å². The molecule has 1 atom stereocenters. The van der Waals surface area contributed by atoms with Crippen LogP contribution in [0.25, 0.3) is 11.0 Å². The molecule has 0 spiro atoms. The summed E-state index contributed by atoms with van der Waals surface area (Å²) in [4.78, 5) is 23.0. The van der Waals surface area contributed by atoms with Crippen molar-refractivity contribution < 1.29 is 4.79 Å². The van der Waals surface area contributed by atoms with E-state index in [4.69, 9.17) is 0 Å². The molecule has 140 valence electrons. The van der Waals surface area contributed by atoms with Gasteiger partial charge in [-0.25, -0.2) is 4.98 Å². The van der Waals surface area contributed by atoms with Gasteiger partial charge in [-0.3, -0.25) is 4.79 Å². The molecule has 1 amide bonds. The normalized spacial score (nSPS) is 15.8. The van der Waals surface area contributed by atoms with Crippen molar-refractivity contribution in [3.8, 4) is 0 Å². The largest absolute Gasteiger partial charge is 0.348 e. The number of aromatic nitrogens is 2. The number of hydrogen-bond donors (Lipinski definition) is 3. The van der Waals surface area contributed by atoms with E-state index in [2.05, 4.69) is 32.4 Å². The molecule has 1 aliphatic heterocycles. The van der Waals surface area contributed by atoms with Crippen LogP contribution in [-0.4, -0.2) is 47.3 Å². The van der Waals surface area contributed by atoms with Gasteiger partial charge in [-0.1, -0.05) is 13.3 Å². The first-order chi connectivity index (χ1) is 12.7. The molecule has 1 aliphatic rings. The maximum Gasteiger partial charge on any atom is 0.259 e. The van der Waals surface area contributed by atoms with Gasteiger partial charge in [0.1, 0.15) is 5.65 Å². The Hall–Kier alpha value is -1.99. The van der Waals surface area contributed by atoms with Gasteiger partial charge in [0, 0.05) is 48.9 Å². The fraction of sp³-hybridized carbons (Fsp3) is 0.474. The molecule has 0 bridgehead atoms. The third-order valence-corrected chi connectivity index (χ3v) is 5.36. The molecule has 0 aromatic carbocycles. The van der Waals surface area contributed by atoms with Crippen molar-refractivity contribution in [3.05, 3.63) is 35.6 Å². The molecule has 0 fully saturated rings. The van der Waals surface area contributed by atoms with Crippen LogP contribution in [0.3, 0.4) is 0 Å². The van der Waals surface area contributed by atoms with Gasteiger partial charge < -0.3 is 20.5 Å². The van der Waals surface area contributed by atoms with Crippen molar-refractivity contribution in [2.75, 3.05) is 30.3 Å². The van der Waals surface area contributed by atoms with Gasteiger partial charge in [0.25, 0.3) is 5.91 Å². The van der Waals surface area contributed by atoms with E-state index in [0.717, 1.165) is 53.4 Å². The maximum atomic E-state index is 12.6. The van der Waals surface area contributed by atoms with E-state index in [1.807, 2.05) is 31.5 Å². The first-order valence-corrected chi connectivity index (χ1v) is 10.2. The van der Waals surface area contributed by atoms with Crippen LogP contribution in [0, 0.1) is 0 Å². The molecular weight excluding hydrogens is 346 g/mol. The van der Waals surface area contributed by atoms with Crippen LogP contribution in [0.5, 0.6) is 0 Å². The number of nitrogens with one attached hydrogen (secondary N) is 3. The first kappa shape index (κ1) is 18.8. The highest BCUT2D eigenvalue weighted by Gasteiger charge is 2.20. The van der Waals surface area contributed by atoms with E-state index in [1.165, 1.54) is 6.42 Å². The second-order valence-corrected chi connectivity index (χ2v) is 7.67. The highest BCUT2D eigenvalue weighted by Crippen LogP contribution is 2.30. The molecule has 0 aliphatic carbocycles. The van der Waals surface area contributed by atoms with Crippen LogP contribution in [0.2, 0.25) is 0 Å². The summed E-state index contributed by atoms with van der Waals surface area (Å²) < 4.78 is 0. The van der Waals surface area contributed by atoms with Gasteiger partial charge in [-0.2, -0.15) is 0 Å². The first-order valence-electron chi connectivity index (χ1n) is 9.24. The number of hydrogen-bond acceptors (Lipinski definition) is 5. The van der Waals surface area contributed by atoms with E-state index in [1.54, 1.807) is 18.0 Å². The van der Waals surface area contributed by atoms with Crippen LogP contribution in [0.4, 0.5) is 5.69 Å². The average Bonchev–Trinajstić information content (AvgIpc) is 3.14. The predicted octanol–water partition coefficient (Wildman–Crippen LogP) is 2.85. The second-order valence-electron chi connectivity index (χ2n) is 6.54. The molecule has 2 aromatic rings. The average molecular weight is 374 g/mol. The minimum atomic E-state index is 0.00357. The zero-order valence-corrected chi connectivity index (χ0v) is 16.2. The van der Waals surface area contributed by atoms with Crippen molar-refractivity contribution in [3.63, 3.8) is 0 Å². The fourth-order valence-corrected chi connectivity index (χ4v) is 3.87. The maximum absolute atomic E-state index is 12.6. The Kier molecular flexibility index (Phi) is 6.57. The van der Waals surface area contributed by atoms with Gasteiger partial charge in [0.05, 0.1) is 10.6 Å². The lowest BCUT2D eigenvalue weighted by atomic mass is 10.2. The smallest absolute Gasteiger partial charge is 0.259 e. The summed E-state index contributed by atoms with van der Waals surface area (Å²) in [6.07, 6.45) is 7.99. The molecule has 1 unspecified atom stereocenters. The standard InChI is InChI=1S/C19H27N5OS/c1-3-4-7-20-12-14(2)23-19(25)17-13-24(10-11-26-17)16-6-9-22-18-15(16)5-8-21-18/h5-6,8-9,13-14,20H,3-4,7,10-12H2,1-2H3,(H,21,22)(H,23,25). The Morgan fingerprint density at radius 3 is 3.19 bits per heavy atom. The summed E-state index contributed by atoms with van der Waals surface area (Å²) in [6, 6.07) is 4.13. The Balaban J connectivity index is 1.64. The van der Waals surface area contributed by atoms with Gasteiger partial charge in [-0.15, -0.1) is 11.8 Å². The van der Waals surface area contributed by atoms with E-state index in [-0.39, 0.29) is 11.9 Å². The zero-order valence-electron chi connectivity index (χ0n) is 15.4. The van der Waals surface area contributed by atoms with Gasteiger partial charge in [0.15, 0.2) is 0 Å². The molecule has 3 N–H and O–H groups in total. The topological polar surface area (TPSA) is 73.0 Å². The molecule has 2 aromatic heterocycles. The van der Waals surface area contributed by atoms with Crippen molar-refractivity contribution in [1.29, 1.82) is 0 Å². The summed E-state index contributed by atoms with van der Waals surface area (Å²) in [5, 5.41) is 7.55. The number of carbonyl (C=O) groups is 1. The minimum Gasteiger partial charge on any atom is -0.348 e. The molecule has 3 heterocycles. The lowest BCUT2D eigenvalue weighted by molar-refractivity contribution is -0.117. The van der Waals surface area contributed by atoms with E-state index < -0.39 is 0 Å². The number of amides is 1. The summed E-state index contributed by atoms with van der Waals surface area (Å²) in [5.74, 6) is 0.889. The SMILES string of the molecule is CCCCNCC(C)NC(=O)C1=CN(c2ccnc3[nH]ccc23)CCS1. The number of nitrogens with zero attached hydrogens (tertiary/aromatic N) is 2.